The van der Waals surface area contributed by atoms with Crippen molar-refractivity contribution in [1.82, 2.24) is 0 Å². The largest absolute Gasteiger partial charge is 0.409 e. The third-order valence-electron chi connectivity index (χ3n) is 2.32. The van der Waals surface area contributed by atoms with Gasteiger partial charge in [-0.1, -0.05) is 23.4 Å². The number of unbranched alkanes of at least 4 members (excludes halogenated alkanes) is 1. The molecule has 0 bridgehead atoms. The van der Waals surface area contributed by atoms with Gasteiger partial charge in [-0.05, 0) is 18.9 Å². The Morgan fingerprint density at radius 1 is 1.35 bits per heavy atom. The highest BCUT2D eigenvalue weighted by molar-refractivity contribution is 5.79. The van der Waals surface area contributed by atoms with Crippen LogP contribution in [0.25, 0.3) is 0 Å². The number of rotatable bonds is 7. The molecule has 1 aromatic rings. The van der Waals surface area contributed by atoms with Crippen molar-refractivity contribution in [3.05, 3.63) is 35.6 Å². The lowest BCUT2D eigenvalue weighted by molar-refractivity contribution is 0.115. The summed E-state index contributed by atoms with van der Waals surface area (Å²) in [6.45, 7) is 0.809. The number of ether oxygens (including phenoxy) is 1. The van der Waals surface area contributed by atoms with Gasteiger partial charge >= 0.3 is 0 Å². The monoisotopic (exact) mass is 240 g/mol. The molecule has 0 aliphatic heterocycles. The Labute approximate surface area is 99.9 Å². The molecule has 4 nitrogen and oxygen atoms in total. The fraction of sp³-hybridized carbons (Fsp3) is 0.417. The number of nitrogens with zero attached hydrogens (tertiary/aromatic N) is 1. The summed E-state index contributed by atoms with van der Waals surface area (Å²) in [7, 11) is 0. The van der Waals surface area contributed by atoms with Gasteiger partial charge in [0.05, 0.1) is 6.61 Å². The molecule has 0 aromatic heterocycles. The highest BCUT2D eigenvalue weighted by Crippen LogP contribution is 2.08. The number of benzene rings is 1. The molecule has 0 fully saturated rings. The predicted octanol–water partition coefficient (Wildman–Crippen LogP) is 2.26. The fourth-order valence-corrected chi connectivity index (χ4v) is 1.36. The molecule has 5 heteroatoms. The quantitative estimate of drug-likeness (QED) is 0.252. The molecule has 17 heavy (non-hydrogen) atoms. The number of hydrogen-bond donors (Lipinski definition) is 2. The van der Waals surface area contributed by atoms with Crippen LogP contribution < -0.4 is 5.73 Å². The molecule has 94 valence electrons. The van der Waals surface area contributed by atoms with Crippen LogP contribution in [0.5, 0.6) is 0 Å². The Morgan fingerprint density at radius 2 is 2.12 bits per heavy atom. The van der Waals surface area contributed by atoms with E-state index in [1.807, 2.05) is 0 Å². The van der Waals surface area contributed by atoms with Crippen molar-refractivity contribution < 1.29 is 14.3 Å². The lowest BCUT2D eigenvalue weighted by Gasteiger charge is -2.05. The zero-order valence-electron chi connectivity index (χ0n) is 9.60. The first-order valence-corrected chi connectivity index (χ1v) is 5.51. The highest BCUT2D eigenvalue weighted by Gasteiger charge is 2.00. The summed E-state index contributed by atoms with van der Waals surface area (Å²) in [6, 6.07) is 6.54. The molecule has 0 unspecified atom stereocenters. The van der Waals surface area contributed by atoms with Crippen molar-refractivity contribution in [1.29, 1.82) is 0 Å². The van der Waals surface area contributed by atoms with Gasteiger partial charge in [0.1, 0.15) is 11.7 Å². The molecular weight excluding hydrogens is 223 g/mol. The van der Waals surface area contributed by atoms with Crippen molar-refractivity contribution in [2.75, 3.05) is 6.61 Å². The van der Waals surface area contributed by atoms with E-state index in [9.17, 15) is 4.39 Å². The normalized spacial score (nSPS) is 11.7. The molecule has 1 aromatic carbocycles. The van der Waals surface area contributed by atoms with Gasteiger partial charge in [0.15, 0.2) is 0 Å². The van der Waals surface area contributed by atoms with Gasteiger partial charge in [0.2, 0.25) is 0 Å². The molecule has 0 aliphatic carbocycles. The van der Waals surface area contributed by atoms with Crippen LogP contribution in [0, 0.1) is 5.82 Å². The lowest BCUT2D eigenvalue weighted by atomic mass is 10.2. The smallest absolute Gasteiger partial charge is 0.139 e. The molecule has 0 atom stereocenters. The van der Waals surface area contributed by atoms with Crippen molar-refractivity contribution >= 4 is 5.84 Å². The first-order valence-electron chi connectivity index (χ1n) is 5.51. The average Bonchev–Trinajstić information content (AvgIpc) is 2.35. The minimum absolute atomic E-state index is 0.221. The van der Waals surface area contributed by atoms with E-state index in [1.165, 1.54) is 6.07 Å². The molecular formula is C12H17FN2O2. The van der Waals surface area contributed by atoms with Gasteiger partial charge < -0.3 is 15.7 Å². The Hall–Kier alpha value is -1.62. The molecule has 3 N–H and O–H groups in total. The summed E-state index contributed by atoms with van der Waals surface area (Å²) in [6.07, 6.45) is 2.12. The number of halogens is 1. The van der Waals surface area contributed by atoms with Crippen LogP contribution in [-0.4, -0.2) is 17.6 Å². The molecule has 0 heterocycles. The number of hydrogen-bond acceptors (Lipinski definition) is 3. The van der Waals surface area contributed by atoms with E-state index >= 15 is 0 Å². The maximum Gasteiger partial charge on any atom is 0.139 e. The fourth-order valence-electron chi connectivity index (χ4n) is 1.36. The summed E-state index contributed by atoms with van der Waals surface area (Å²) >= 11 is 0. The van der Waals surface area contributed by atoms with Gasteiger partial charge in [0, 0.05) is 18.6 Å². The summed E-state index contributed by atoms with van der Waals surface area (Å²) in [5, 5.41) is 11.2. The van der Waals surface area contributed by atoms with E-state index in [0.717, 1.165) is 12.8 Å². The van der Waals surface area contributed by atoms with Crippen LogP contribution in [0.1, 0.15) is 24.8 Å². The van der Waals surface area contributed by atoms with E-state index in [4.69, 9.17) is 15.7 Å². The van der Waals surface area contributed by atoms with Crippen LogP contribution in [0.2, 0.25) is 0 Å². The Kier molecular flexibility index (Phi) is 6.03. The predicted molar refractivity (Wildman–Crippen MR) is 63.3 cm³/mol. The van der Waals surface area contributed by atoms with Crippen LogP contribution >= 0.6 is 0 Å². The van der Waals surface area contributed by atoms with E-state index in [-0.39, 0.29) is 18.3 Å². The van der Waals surface area contributed by atoms with Crippen LogP contribution in [-0.2, 0) is 11.3 Å². The summed E-state index contributed by atoms with van der Waals surface area (Å²) in [5.41, 5.74) is 5.87. The number of oxime groups is 1. The SMILES string of the molecule is NC(CCCCOCc1ccccc1F)=NO. The molecule has 0 saturated carbocycles. The zero-order chi connectivity index (χ0) is 12.5. The zero-order valence-corrected chi connectivity index (χ0v) is 9.60. The van der Waals surface area contributed by atoms with Gasteiger partial charge in [-0.2, -0.15) is 0 Å². The molecule has 0 saturated heterocycles. The molecule has 1 rings (SSSR count). The third kappa shape index (κ3) is 5.31. The minimum atomic E-state index is -0.246. The number of amidine groups is 1. The molecule has 0 radical (unpaired) electrons. The van der Waals surface area contributed by atoms with E-state index in [2.05, 4.69) is 5.16 Å². The Balaban J connectivity index is 2.11. The topological polar surface area (TPSA) is 67.8 Å². The number of nitrogens with two attached hydrogens (primary N) is 1. The Bertz CT molecular complexity index is 369. The standard InChI is InChI=1S/C12H17FN2O2/c13-11-6-2-1-5-10(11)9-17-8-4-3-7-12(14)15-16/h1-2,5-6,16H,3-4,7-9H2,(H2,14,15). The van der Waals surface area contributed by atoms with Crippen molar-refractivity contribution in [3.8, 4) is 0 Å². The van der Waals surface area contributed by atoms with Crippen molar-refractivity contribution in [2.45, 2.75) is 25.9 Å². The maximum absolute atomic E-state index is 13.2. The van der Waals surface area contributed by atoms with E-state index in [0.29, 0.717) is 18.6 Å². The molecule has 0 amide bonds. The maximum atomic E-state index is 13.2. The van der Waals surface area contributed by atoms with Crippen molar-refractivity contribution in [3.63, 3.8) is 0 Å². The first kappa shape index (κ1) is 13.4. The van der Waals surface area contributed by atoms with Crippen LogP contribution in [0.4, 0.5) is 4.39 Å². The second-order valence-corrected chi connectivity index (χ2v) is 3.69. The minimum Gasteiger partial charge on any atom is -0.409 e. The first-order chi connectivity index (χ1) is 8.24. The van der Waals surface area contributed by atoms with Gasteiger partial charge in [-0.3, -0.25) is 0 Å². The average molecular weight is 240 g/mol. The highest BCUT2D eigenvalue weighted by atomic mass is 19.1. The second kappa shape index (κ2) is 7.62. The third-order valence-corrected chi connectivity index (χ3v) is 2.32. The van der Waals surface area contributed by atoms with Gasteiger partial charge in [-0.25, -0.2) is 4.39 Å². The van der Waals surface area contributed by atoms with E-state index < -0.39 is 0 Å². The summed E-state index contributed by atoms with van der Waals surface area (Å²) < 4.78 is 18.5. The molecule has 0 spiro atoms. The van der Waals surface area contributed by atoms with Crippen LogP contribution in [0.15, 0.2) is 29.4 Å². The van der Waals surface area contributed by atoms with Gasteiger partial charge in [0.25, 0.3) is 0 Å². The second-order valence-electron chi connectivity index (χ2n) is 3.69. The van der Waals surface area contributed by atoms with Gasteiger partial charge in [-0.15, -0.1) is 0 Å². The summed E-state index contributed by atoms with van der Waals surface area (Å²) in [5.74, 6) is -0.0248. The Morgan fingerprint density at radius 3 is 2.82 bits per heavy atom. The lowest BCUT2D eigenvalue weighted by Crippen LogP contribution is -2.11. The summed E-state index contributed by atoms with van der Waals surface area (Å²) in [4.78, 5) is 0. The van der Waals surface area contributed by atoms with Crippen molar-refractivity contribution in [2.24, 2.45) is 10.9 Å². The molecule has 0 aliphatic rings. The van der Waals surface area contributed by atoms with E-state index in [1.54, 1.807) is 18.2 Å². The van der Waals surface area contributed by atoms with Crippen LogP contribution in [0.3, 0.4) is 0 Å².